The Hall–Kier alpha value is -1.81. The molecule has 0 aliphatic carbocycles. The van der Waals surface area contributed by atoms with E-state index in [-0.39, 0.29) is 11.7 Å². The minimum Gasteiger partial charge on any atom is -0.497 e. The van der Waals surface area contributed by atoms with Crippen LogP contribution in [0.1, 0.15) is 0 Å². The first-order valence-corrected chi connectivity index (χ1v) is 2.38. The number of hydrogen-bond donors (Lipinski definition) is 1. The van der Waals surface area contributed by atoms with Gasteiger partial charge in [-0.05, 0) is 0 Å². The summed E-state index contributed by atoms with van der Waals surface area (Å²) in [4.78, 5) is 19.9. The number of primary amides is 1. The fourth-order valence-corrected chi connectivity index (χ4v) is 0.452. The van der Waals surface area contributed by atoms with Gasteiger partial charge >= 0.3 is 17.6 Å². The fourth-order valence-electron chi connectivity index (χ4n) is 0.452. The number of amides is 1. The average molecular weight is 137 g/mol. The zero-order chi connectivity index (χ0) is 7.56. The molecule has 2 N–H and O–H groups in total. The van der Waals surface area contributed by atoms with Crippen LogP contribution in [0.2, 0.25) is 0 Å². The summed E-state index contributed by atoms with van der Waals surface area (Å²) in [6, 6.07) is 0. The number of aliphatic imine (C=N–C) groups is 2. The highest BCUT2D eigenvalue weighted by Gasteiger charge is 2.21. The molecule has 0 bridgehead atoms. The molecular weight excluding hydrogens is 134 g/mol. The van der Waals surface area contributed by atoms with E-state index in [1.165, 1.54) is 0 Å². The van der Waals surface area contributed by atoms with Gasteiger partial charge in [0.05, 0.1) is 0 Å². The van der Waals surface area contributed by atoms with Crippen molar-refractivity contribution in [3.63, 3.8) is 0 Å². The monoisotopic (exact) mass is 137 g/mol. The van der Waals surface area contributed by atoms with Gasteiger partial charge in [-0.15, -0.1) is 0 Å². The van der Waals surface area contributed by atoms with Crippen molar-refractivity contribution in [2.45, 2.75) is 0 Å². The minimum absolute atomic E-state index is 0.0196. The predicted molar refractivity (Wildman–Crippen MR) is 33.7 cm³/mol. The predicted octanol–water partition coefficient (Wildman–Crippen LogP) is -1.42. The molecule has 0 spiro atoms. The normalized spacial score (nSPS) is 14.8. The summed E-state index contributed by atoms with van der Waals surface area (Å²) < 4.78 is 0. The van der Waals surface area contributed by atoms with Crippen LogP contribution in [0.3, 0.4) is 0 Å². The molecule has 0 saturated heterocycles. The van der Waals surface area contributed by atoms with Crippen LogP contribution in [0.25, 0.3) is 5.53 Å². The van der Waals surface area contributed by atoms with Gasteiger partial charge < -0.3 is 16.1 Å². The molecule has 6 nitrogen and oxygen atoms in total. The topological polar surface area (TPSA) is 104 Å². The van der Waals surface area contributed by atoms with Crippen molar-refractivity contribution in [1.29, 1.82) is 0 Å². The first-order valence-electron chi connectivity index (χ1n) is 2.38. The van der Waals surface area contributed by atoms with Gasteiger partial charge in [0.15, 0.2) is 0 Å². The lowest BCUT2D eigenvalue weighted by Crippen LogP contribution is -2.20. The highest BCUT2D eigenvalue weighted by molar-refractivity contribution is 6.49. The molecule has 1 aliphatic rings. The van der Waals surface area contributed by atoms with E-state index in [0.717, 1.165) is 6.21 Å². The Morgan fingerprint density at radius 1 is 1.80 bits per heavy atom. The highest BCUT2D eigenvalue weighted by Crippen LogP contribution is 1.88. The summed E-state index contributed by atoms with van der Waals surface area (Å²) in [5, 5.41) is 0. The van der Waals surface area contributed by atoms with Gasteiger partial charge in [0.1, 0.15) is 6.21 Å². The van der Waals surface area contributed by atoms with Crippen LogP contribution in [-0.4, -0.2) is 28.6 Å². The van der Waals surface area contributed by atoms with Crippen LogP contribution in [-0.2, 0) is 4.79 Å². The fraction of sp³-hybridized carbons (Fsp3) is 0. The Bertz CT molecular complexity index is 282. The van der Waals surface area contributed by atoms with Crippen molar-refractivity contribution in [3.05, 3.63) is 5.53 Å². The lowest BCUT2D eigenvalue weighted by Gasteiger charge is -1.75. The van der Waals surface area contributed by atoms with Crippen molar-refractivity contribution in [1.82, 2.24) is 0 Å². The van der Waals surface area contributed by atoms with Crippen molar-refractivity contribution >= 4 is 23.8 Å². The number of rotatable bonds is 1. The van der Waals surface area contributed by atoms with E-state index in [4.69, 9.17) is 11.3 Å². The average Bonchev–Trinajstić information content (AvgIpc) is 2.34. The van der Waals surface area contributed by atoms with Crippen molar-refractivity contribution < 1.29 is 9.58 Å². The van der Waals surface area contributed by atoms with E-state index in [2.05, 4.69) is 14.8 Å². The second-order valence-corrected chi connectivity index (χ2v) is 1.52. The third kappa shape index (κ3) is 0.958. The number of nitrogens with two attached hydrogens (primary N) is 1. The summed E-state index contributed by atoms with van der Waals surface area (Å²) in [6.07, 6.45) is 1.14. The molecule has 0 atom stereocenters. The third-order valence-electron chi connectivity index (χ3n) is 0.846. The van der Waals surface area contributed by atoms with Gasteiger partial charge in [-0.1, -0.05) is 0 Å². The molecule has 0 unspecified atom stereocenters. The molecule has 50 valence electrons. The molecule has 1 rings (SSSR count). The van der Waals surface area contributed by atoms with E-state index in [1.807, 2.05) is 0 Å². The van der Waals surface area contributed by atoms with E-state index in [0.29, 0.717) is 0 Å². The summed E-state index contributed by atoms with van der Waals surface area (Å²) in [6.45, 7) is 0. The molecular formula is C4H3N5O. The number of carbonyl (C=O) groups excluding carboxylic acids is 1. The second-order valence-electron chi connectivity index (χ2n) is 1.52. The van der Waals surface area contributed by atoms with Crippen LogP contribution in [0.5, 0.6) is 0 Å². The molecule has 10 heavy (non-hydrogen) atoms. The molecule has 0 radical (unpaired) electrons. The van der Waals surface area contributed by atoms with Gasteiger partial charge in [-0.3, -0.25) is 4.79 Å². The summed E-state index contributed by atoms with van der Waals surface area (Å²) in [7, 11) is 0. The molecule has 0 saturated carbocycles. The Morgan fingerprint density at radius 2 is 2.50 bits per heavy atom. The van der Waals surface area contributed by atoms with Crippen LogP contribution >= 0.6 is 0 Å². The Labute approximate surface area is 55.7 Å². The lowest BCUT2D eigenvalue weighted by atomic mass is 10.6. The third-order valence-corrected chi connectivity index (χ3v) is 0.846. The molecule has 0 fully saturated rings. The SMILES string of the molecule is [N-]=[N+]=C1C=NC(C(N)=O)=N1. The first kappa shape index (κ1) is 6.31. The Kier molecular flexibility index (Phi) is 1.39. The van der Waals surface area contributed by atoms with Gasteiger partial charge in [-0.25, -0.2) is 0 Å². The van der Waals surface area contributed by atoms with Gasteiger partial charge in [-0.2, -0.15) is 4.99 Å². The van der Waals surface area contributed by atoms with Crippen molar-refractivity contribution in [3.8, 4) is 0 Å². The number of nitrogens with zero attached hydrogens (tertiary/aromatic N) is 4. The van der Waals surface area contributed by atoms with Crippen LogP contribution in [0, 0.1) is 0 Å². The van der Waals surface area contributed by atoms with E-state index < -0.39 is 5.91 Å². The van der Waals surface area contributed by atoms with E-state index in [9.17, 15) is 4.79 Å². The van der Waals surface area contributed by atoms with Crippen LogP contribution in [0.15, 0.2) is 9.98 Å². The second kappa shape index (κ2) is 2.20. The van der Waals surface area contributed by atoms with Gasteiger partial charge in [0.25, 0.3) is 0 Å². The maximum atomic E-state index is 10.3. The molecule has 1 aliphatic heterocycles. The smallest absolute Gasteiger partial charge is 0.421 e. The Morgan fingerprint density at radius 3 is 2.80 bits per heavy atom. The largest absolute Gasteiger partial charge is 0.497 e. The molecule has 0 aromatic heterocycles. The zero-order valence-corrected chi connectivity index (χ0v) is 4.85. The summed E-state index contributed by atoms with van der Waals surface area (Å²) >= 11 is 0. The molecule has 0 aromatic carbocycles. The summed E-state index contributed by atoms with van der Waals surface area (Å²) in [5.41, 5.74) is 12.9. The van der Waals surface area contributed by atoms with E-state index >= 15 is 0 Å². The van der Waals surface area contributed by atoms with Gasteiger partial charge in [0, 0.05) is 4.99 Å². The maximum Gasteiger partial charge on any atom is 0.421 e. The standard InChI is InChI=1S/C4H3N5O/c5-3(10)4-7-1-2(8-4)9-6/h1H,(H2,5,10). The number of carbonyl (C=O) groups is 1. The number of amidine groups is 2. The van der Waals surface area contributed by atoms with Gasteiger partial charge in [0.2, 0.25) is 0 Å². The molecule has 6 heteroatoms. The molecule has 1 heterocycles. The Balaban J connectivity index is 2.98. The quantitative estimate of drug-likeness (QED) is 0.347. The summed E-state index contributed by atoms with van der Waals surface area (Å²) in [5.74, 6) is -0.906. The first-order chi connectivity index (χ1) is 4.74. The van der Waals surface area contributed by atoms with Crippen LogP contribution in [0.4, 0.5) is 0 Å². The zero-order valence-electron chi connectivity index (χ0n) is 4.85. The highest BCUT2D eigenvalue weighted by atomic mass is 16.1. The van der Waals surface area contributed by atoms with E-state index in [1.54, 1.807) is 0 Å². The van der Waals surface area contributed by atoms with Crippen LogP contribution < -0.4 is 5.73 Å². The molecule has 1 amide bonds. The lowest BCUT2D eigenvalue weighted by molar-refractivity contribution is -0.112. The minimum atomic E-state index is -0.741. The maximum absolute atomic E-state index is 10.3. The molecule has 0 aromatic rings. The van der Waals surface area contributed by atoms with Crippen molar-refractivity contribution in [2.75, 3.05) is 0 Å². The number of hydrogen-bond acceptors (Lipinski definition) is 2. The van der Waals surface area contributed by atoms with Crippen molar-refractivity contribution in [2.24, 2.45) is 15.7 Å².